The van der Waals surface area contributed by atoms with Crippen molar-refractivity contribution in [3.05, 3.63) is 39.8 Å². The monoisotopic (exact) mass is 339 g/mol. The summed E-state index contributed by atoms with van der Waals surface area (Å²) in [5.74, 6) is 0.127. The minimum Gasteiger partial charge on any atom is -0.379 e. The fourth-order valence-electron chi connectivity index (χ4n) is 2.10. The number of nitrogens with zero attached hydrogens (tertiary/aromatic N) is 1. The fraction of sp³-hybridized carbons (Fsp3) is 0.400. The number of benzene rings is 1. The Balaban J connectivity index is 2.12. The molecule has 0 saturated heterocycles. The third kappa shape index (κ3) is 4.45. The smallest absolute Gasteiger partial charge is 0.232 e. The molecule has 0 atom stereocenters. The van der Waals surface area contributed by atoms with Crippen LogP contribution in [0.15, 0.2) is 23.6 Å². The van der Waals surface area contributed by atoms with Gasteiger partial charge in [0.25, 0.3) is 0 Å². The molecule has 1 heterocycles. The van der Waals surface area contributed by atoms with Gasteiger partial charge < -0.3 is 5.32 Å². The molecule has 0 aliphatic heterocycles. The Kier molecular flexibility index (Phi) is 5.42. The van der Waals surface area contributed by atoms with E-state index in [1.54, 1.807) is 17.4 Å². The summed E-state index contributed by atoms with van der Waals surface area (Å²) in [5, 5.41) is 6.37. The maximum absolute atomic E-state index is 11.9. The Bertz CT molecular complexity index is 739. The molecule has 1 aromatic heterocycles. The predicted molar refractivity (Wildman–Crippen MR) is 93.1 cm³/mol. The summed E-state index contributed by atoms with van der Waals surface area (Å²) in [6.45, 7) is 6.34. The van der Waals surface area contributed by atoms with Crippen LogP contribution in [-0.4, -0.2) is 19.2 Å². The lowest BCUT2D eigenvalue weighted by atomic mass is 10.1. The first-order valence-corrected chi connectivity index (χ1v) is 9.69. The zero-order valence-corrected chi connectivity index (χ0v) is 14.6. The van der Waals surface area contributed by atoms with Gasteiger partial charge in [0.05, 0.1) is 28.7 Å². The highest BCUT2D eigenvalue weighted by Crippen LogP contribution is 2.25. The molecule has 0 bridgehead atoms. The van der Waals surface area contributed by atoms with Crippen molar-refractivity contribution in [2.75, 3.05) is 15.8 Å². The van der Waals surface area contributed by atoms with E-state index in [9.17, 15) is 8.42 Å². The molecule has 120 valence electrons. The molecule has 22 heavy (non-hydrogen) atoms. The van der Waals surface area contributed by atoms with Gasteiger partial charge in [0, 0.05) is 11.1 Å². The van der Waals surface area contributed by atoms with E-state index in [2.05, 4.69) is 15.0 Å². The maximum atomic E-state index is 11.9. The number of hydrogen-bond donors (Lipinski definition) is 2. The number of anilines is 2. The van der Waals surface area contributed by atoms with Crippen LogP contribution in [-0.2, 0) is 16.6 Å². The van der Waals surface area contributed by atoms with Crippen molar-refractivity contribution in [2.24, 2.45) is 0 Å². The van der Waals surface area contributed by atoms with E-state index in [-0.39, 0.29) is 5.75 Å². The van der Waals surface area contributed by atoms with Gasteiger partial charge in [0.1, 0.15) is 0 Å². The first kappa shape index (κ1) is 16.8. The van der Waals surface area contributed by atoms with Gasteiger partial charge in [-0.05, 0) is 38.0 Å². The average Bonchev–Trinajstić information content (AvgIpc) is 2.85. The largest absolute Gasteiger partial charge is 0.379 e. The summed E-state index contributed by atoms with van der Waals surface area (Å²) in [6, 6.07) is 5.55. The first-order valence-electron chi connectivity index (χ1n) is 7.16. The normalized spacial score (nSPS) is 11.4. The molecule has 2 N–H and O–H groups in total. The van der Waals surface area contributed by atoms with Crippen LogP contribution in [0.5, 0.6) is 0 Å². The molecule has 0 fully saturated rings. The molecular weight excluding hydrogens is 318 g/mol. The van der Waals surface area contributed by atoms with Gasteiger partial charge in [-0.25, -0.2) is 13.4 Å². The van der Waals surface area contributed by atoms with E-state index in [1.807, 2.05) is 38.3 Å². The van der Waals surface area contributed by atoms with Gasteiger partial charge in [0.2, 0.25) is 10.0 Å². The van der Waals surface area contributed by atoms with Crippen LogP contribution in [0.3, 0.4) is 0 Å². The van der Waals surface area contributed by atoms with Crippen LogP contribution in [0.2, 0.25) is 0 Å². The summed E-state index contributed by atoms with van der Waals surface area (Å²) in [5.41, 5.74) is 3.39. The third-order valence-corrected chi connectivity index (χ3v) is 5.50. The van der Waals surface area contributed by atoms with Crippen LogP contribution in [0.1, 0.15) is 29.6 Å². The van der Waals surface area contributed by atoms with Crippen molar-refractivity contribution in [1.82, 2.24) is 4.98 Å². The number of hydrogen-bond acceptors (Lipinski definition) is 5. The third-order valence-electron chi connectivity index (χ3n) is 3.20. The molecule has 0 aliphatic rings. The molecular formula is C15H21N3O2S2. The fourth-order valence-corrected chi connectivity index (χ4v) is 3.91. The number of rotatable bonds is 7. The number of nitrogens with one attached hydrogen (secondary N) is 2. The summed E-state index contributed by atoms with van der Waals surface area (Å²) in [7, 11) is -3.28. The molecule has 1 aromatic carbocycles. The van der Waals surface area contributed by atoms with Crippen LogP contribution in [0.4, 0.5) is 11.4 Å². The molecule has 0 saturated carbocycles. The zero-order valence-electron chi connectivity index (χ0n) is 13.0. The molecule has 0 aliphatic carbocycles. The summed E-state index contributed by atoms with van der Waals surface area (Å²) >= 11 is 1.62. The Morgan fingerprint density at radius 2 is 1.95 bits per heavy atom. The Labute approximate surface area is 135 Å². The zero-order chi connectivity index (χ0) is 16.2. The quantitative estimate of drug-likeness (QED) is 0.809. The Morgan fingerprint density at radius 3 is 2.59 bits per heavy atom. The average molecular weight is 339 g/mol. The lowest BCUT2D eigenvalue weighted by Gasteiger charge is -2.14. The number of sulfonamides is 1. The minimum absolute atomic E-state index is 0.127. The number of aromatic nitrogens is 1. The molecule has 0 amide bonds. The van der Waals surface area contributed by atoms with E-state index in [4.69, 9.17) is 0 Å². The van der Waals surface area contributed by atoms with Crippen molar-refractivity contribution in [3.8, 4) is 0 Å². The van der Waals surface area contributed by atoms with Crippen LogP contribution >= 0.6 is 11.3 Å². The van der Waals surface area contributed by atoms with Crippen LogP contribution < -0.4 is 10.0 Å². The minimum atomic E-state index is -3.28. The van der Waals surface area contributed by atoms with E-state index in [0.29, 0.717) is 18.7 Å². The summed E-state index contributed by atoms with van der Waals surface area (Å²) in [6.07, 6.45) is 0.593. The van der Waals surface area contributed by atoms with Gasteiger partial charge in [-0.1, -0.05) is 13.0 Å². The SMILES string of the molecule is CCCS(=O)(=O)Nc1cccc(NCc2csc(C)n2)c1C. The standard InChI is InChI=1S/C15H21N3O2S2/c1-4-8-22(19,20)18-15-7-5-6-14(11(15)2)16-9-13-10-21-12(3)17-13/h5-7,10,16,18H,4,8-9H2,1-3H3. The van der Waals surface area contributed by atoms with Gasteiger partial charge in [-0.3, -0.25) is 4.72 Å². The molecule has 0 radical (unpaired) electrons. The van der Waals surface area contributed by atoms with Crippen molar-refractivity contribution >= 4 is 32.7 Å². The molecule has 2 rings (SSSR count). The first-order chi connectivity index (χ1) is 10.4. The van der Waals surface area contributed by atoms with E-state index >= 15 is 0 Å². The highest BCUT2D eigenvalue weighted by atomic mass is 32.2. The van der Waals surface area contributed by atoms with E-state index in [0.717, 1.165) is 22.0 Å². The lowest BCUT2D eigenvalue weighted by Crippen LogP contribution is -2.17. The maximum Gasteiger partial charge on any atom is 0.232 e. The second kappa shape index (κ2) is 7.11. The van der Waals surface area contributed by atoms with Gasteiger partial charge in [-0.2, -0.15) is 0 Å². The Hall–Kier alpha value is -1.60. The Morgan fingerprint density at radius 1 is 1.23 bits per heavy atom. The van der Waals surface area contributed by atoms with Crippen LogP contribution in [0, 0.1) is 13.8 Å². The highest BCUT2D eigenvalue weighted by molar-refractivity contribution is 7.92. The molecule has 0 unspecified atom stereocenters. The highest BCUT2D eigenvalue weighted by Gasteiger charge is 2.12. The molecule has 2 aromatic rings. The van der Waals surface area contributed by atoms with Crippen molar-refractivity contribution < 1.29 is 8.42 Å². The van der Waals surface area contributed by atoms with Crippen molar-refractivity contribution in [2.45, 2.75) is 33.7 Å². The molecule has 7 heteroatoms. The second-order valence-electron chi connectivity index (χ2n) is 5.11. The predicted octanol–water partition coefficient (Wildman–Crippen LogP) is 3.52. The van der Waals surface area contributed by atoms with Crippen molar-refractivity contribution in [3.63, 3.8) is 0 Å². The number of aryl methyl sites for hydroxylation is 1. The summed E-state index contributed by atoms with van der Waals surface area (Å²) in [4.78, 5) is 4.41. The topological polar surface area (TPSA) is 71.1 Å². The van der Waals surface area contributed by atoms with Crippen molar-refractivity contribution in [1.29, 1.82) is 0 Å². The van der Waals surface area contributed by atoms with E-state index < -0.39 is 10.0 Å². The van der Waals surface area contributed by atoms with Crippen LogP contribution in [0.25, 0.3) is 0 Å². The van der Waals surface area contributed by atoms with Gasteiger partial charge in [-0.15, -0.1) is 11.3 Å². The lowest BCUT2D eigenvalue weighted by molar-refractivity contribution is 0.600. The van der Waals surface area contributed by atoms with Gasteiger partial charge >= 0.3 is 0 Å². The molecule has 0 spiro atoms. The van der Waals surface area contributed by atoms with Gasteiger partial charge in [0.15, 0.2) is 0 Å². The molecule has 5 nitrogen and oxygen atoms in total. The number of thiazole rings is 1. The van der Waals surface area contributed by atoms with E-state index in [1.165, 1.54) is 0 Å². The summed E-state index contributed by atoms with van der Waals surface area (Å²) < 4.78 is 26.5. The second-order valence-corrected chi connectivity index (χ2v) is 8.01.